The first-order valence-corrected chi connectivity index (χ1v) is 5.81. The maximum absolute atomic E-state index is 13.6. The number of ether oxygens (including phenoxy) is 1. The fourth-order valence-electron chi connectivity index (χ4n) is 1.84. The number of hydrogen-bond donors (Lipinski definition) is 1. The molecule has 19 heavy (non-hydrogen) atoms. The van der Waals surface area contributed by atoms with Crippen molar-refractivity contribution in [2.75, 3.05) is 12.8 Å². The van der Waals surface area contributed by atoms with Crippen LogP contribution in [0.3, 0.4) is 0 Å². The Bertz CT molecular complexity index is 611. The first-order chi connectivity index (χ1) is 9.10. The van der Waals surface area contributed by atoms with Crippen molar-refractivity contribution in [1.29, 1.82) is 0 Å². The Morgan fingerprint density at radius 1 is 1.21 bits per heavy atom. The summed E-state index contributed by atoms with van der Waals surface area (Å²) in [6.07, 6.45) is -0.0848. The molecule has 0 aliphatic heterocycles. The van der Waals surface area contributed by atoms with Crippen LogP contribution in [0.15, 0.2) is 42.5 Å². The molecule has 2 rings (SSSR count). The predicted octanol–water partition coefficient (Wildman–Crippen LogP) is 2.79. The minimum absolute atomic E-state index is 0.0848. The lowest BCUT2D eigenvalue weighted by atomic mass is 10.0. The van der Waals surface area contributed by atoms with Gasteiger partial charge in [-0.25, -0.2) is 4.39 Å². The molecule has 0 fully saturated rings. The Balaban J connectivity index is 2.38. The van der Waals surface area contributed by atoms with E-state index in [0.717, 1.165) is 11.1 Å². The maximum atomic E-state index is 13.6. The van der Waals surface area contributed by atoms with E-state index in [1.165, 1.54) is 13.2 Å². The summed E-state index contributed by atoms with van der Waals surface area (Å²) in [4.78, 5) is 11.2. The molecule has 0 aromatic heterocycles. The molecule has 0 bridgehead atoms. The van der Waals surface area contributed by atoms with Crippen LogP contribution in [0.1, 0.15) is 5.56 Å². The standard InChI is InChI=1S/C15H14FNO2/c1-19-15(18)9-12-7-11(5-6-14(12)16)10-3-2-4-13(17)8-10/h2-8H,9,17H2,1H3. The zero-order valence-corrected chi connectivity index (χ0v) is 10.5. The lowest BCUT2D eigenvalue weighted by molar-refractivity contribution is -0.139. The van der Waals surface area contributed by atoms with Gasteiger partial charge in [-0.3, -0.25) is 4.79 Å². The molecular weight excluding hydrogens is 245 g/mol. The Kier molecular flexibility index (Phi) is 3.80. The van der Waals surface area contributed by atoms with Crippen molar-refractivity contribution < 1.29 is 13.9 Å². The lowest BCUT2D eigenvalue weighted by Crippen LogP contribution is -2.06. The third kappa shape index (κ3) is 3.10. The number of rotatable bonds is 3. The van der Waals surface area contributed by atoms with Gasteiger partial charge in [-0.05, 0) is 41.0 Å². The molecule has 0 aliphatic carbocycles. The van der Waals surface area contributed by atoms with E-state index < -0.39 is 11.8 Å². The first kappa shape index (κ1) is 13.1. The second kappa shape index (κ2) is 5.52. The summed E-state index contributed by atoms with van der Waals surface area (Å²) in [7, 11) is 1.28. The molecule has 0 heterocycles. The Morgan fingerprint density at radius 3 is 2.63 bits per heavy atom. The highest BCUT2D eigenvalue weighted by Crippen LogP contribution is 2.24. The molecule has 98 valence electrons. The van der Waals surface area contributed by atoms with Gasteiger partial charge in [-0.2, -0.15) is 0 Å². The summed E-state index contributed by atoms with van der Waals surface area (Å²) < 4.78 is 18.2. The van der Waals surface area contributed by atoms with Crippen LogP contribution < -0.4 is 5.73 Å². The summed E-state index contributed by atoms with van der Waals surface area (Å²) in [5.41, 5.74) is 8.36. The highest BCUT2D eigenvalue weighted by Gasteiger charge is 2.10. The number of benzene rings is 2. The monoisotopic (exact) mass is 259 g/mol. The number of esters is 1. The molecule has 0 spiro atoms. The van der Waals surface area contributed by atoms with Crippen molar-refractivity contribution in [2.24, 2.45) is 0 Å². The quantitative estimate of drug-likeness (QED) is 0.681. The molecule has 2 N–H and O–H groups in total. The predicted molar refractivity (Wildman–Crippen MR) is 72.0 cm³/mol. The van der Waals surface area contributed by atoms with Crippen LogP contribution in [0.2, 0.25) is 0 Å². The van der Waals surface area contributed by atoms with Crippen LogP contribution in [-0.4, -0.2) is 13.1 Å². The van der Waals surface area contributed by atoms with Crippen LogP contribution >= 0.6 is 0 Å². The number of halogens is 1. The molecule has 0 radical (unpaired) electrons. The zero-order valence-electron chi connectivity index (χ0n) is 10.5. The van der Waals surface area contributed by atoms with E-state index in [9.17, 15) is 9.18 Å². The Morgan fingerprint density at radius 2 is 1.95 bits per heavy atom. The highest BCUT2D eigenvalue weighted by molar-refractivity contribution is 5.74. The van der Waals surface area contributed by atoms with E-state index in [4.69, 9.17) is 5.73 Å². The van der Waals surface area contributed by atoms with Crippen molar-refractivity contribution >= 4 is 11.7 Å². The smallest absolute Gasteiger partial charge is 0.310 e. The van der Waals surface area contributed by atoms with E-state index in [-0.39, 0.29) is 6.42 Å². The third-order valence-corrected chi connectivity index (χ3v) is 2.83. The summed E-state index contributed by atoms with van der Waals surface area (Å²) in [6, 6.07) is 11.9. The zero-order chi connectivity index (χ0) is 13.8. The van der Waals surface area contributed by atoms with Gasteiger partial charge < -0.3 is 10.5 Å². The van der Waals surface area contributed by atoms with Crippen molar-refractivity contribution in [1.82, 2.24) is 0 Å². The molecule has 0 atom stereocenters. The van der Waals surface area contributed by atoms with Crippen molar-refractivity contribution in [2.45, 2.75) is 6.42 Å². The number of anilines is 1. The van der Waals surface area contributed by atoms with Crippen LogP contribution in [0, 0.1) is 5.82 Å². The molecular formula is C15H14FNO2. The maximum Gasteiger partial charge on any atom is 0.310 e. The van der Waals surface area contributed by atoms with Crippen LogP contribution in [0.4, 0.5) is 10.1 Å². The number of carbonyl (C=O) groups is 1. The molecule has 2 aromatic rings. The average Bonchev–Trinajstić information content (AvgIpc) is 2.41. The molecule has 4 heteroatoms. The molecule has 0 unspecified atom stereocenters. The van der Waals surface area contributed by atoms with Crippen LogP contribution in [0.25, 0.3) is 11.1 Å². The number of methoxy groups -OCH3 is 1. The largest absolute Gasteiger partial charge is 0.469 e. The molecule has 0 saturated carbocycles. The van der Waals surface area contributed by atoms with E-state index in [2.05, 4.69) is 4.74 Å². The minimum atomic E-state index is -0.469. The van der Waals surface area contributed by atoms with Crippen molar-refractivity contribution in [3.05, 3.63) is 53.8 Å². The lowest BCUT2D eigenvalue weighted by Gasteiger charge is -2.07. The molecule has 2 aromatic carbocycles. The molecule has 3 nitrogen and oxygen atoms in total. The average molecular weight is 259 g/mol. The number of nitrogens with two attached hydrogens (primary N) is 1. The van der Waals surface area contributed by atoms with Gasteiger partial charge in [0.1, 0.15) is 5.82 Å². The van der Waals surface area contributed by atoms with Crippen LogP contribution in [0.5, 0.6) is 0 Å². The summed E-state index contributed by atoms with van der Waals surface area (Å²) in [6.45, 7) is 0. The topological polar surface area (TPSA) is 52.3 Å². The van der Waals surface area contributed by atoms with Gasteiger partial charge in [0.25, 0.3) is 0 Å². The van der Waals surface area contributed by atoms with E-state index in [1.807, 2.05) is 12.1 Å². The van der Waals surface area contributed by atoms with Gasteiger partial charge in [-0.1, -0.05) is 18.2 Å². The van der Waals surface area contributed by atoms with Gasteiger partial charge in [-0.15, -0.1) is 0 Å². The fraction of sp³-hybridized carbons (Fsp3) is 0.133. The second-order valence-corrected chi connectivity index (χ2v) is 4.18. The second-order valence-electron chi connectivity index (χ2n) is 4.18. The van der Waals surface area contributed by atoms with Gasteiger partial charge in [0.2, 0.25) is 0 Å². The van der Waals surface area contributed by atoms with E-state index in [1.54, 1.807) is 24.3 Å². The van der Waals surface area contributed by atoms with E-state index in [0.29, 0.717) is 11.3 Å². The SMILES string of the molecule is COC(=O)Cc1cc(-c2cccc(N)c2)ccc1F. The number of hydrogen-bond acceptors (Lipinski definition) is 3. The molecule has 0 amide bonds. The summed E-state index contributed by atoms with van der Waals surface area (Å²) in [5.74, 6) is -0.887. The van der Waals surface area contributed by atoms with Gasteiger partial charge in [0, 0.05) is 5.69 Å². The normalized spacial score (nSPS) is 10.2. The fourth-order valence-corrected chi connectivity index (χ4v) is 1.84. The Labute approximate surface area is 110 Å². The number of nitrogen functional groups attached to an aromatic ring is 1. The minimum Gasteiger partial charge on any atom is -0.469 e. The summed E-state index contributed by atoms with van der Waals surface area (Å²) >= 11 is 0. The number of carbonyl (C=O) groups excluding carboxylic acids is 1. The van der Waals surface area contributed by atoms with Gasteiger partial charge in [0.05, 0.1) is 13.5 Å². The van der Waals surface area contributed by atoms with E-state index >= 15 is 0 Å². The van der Waals surface area contributed by atoms with Gasteiger partial charge in [0.15, 0.2) is 0 Å². The summed E-state index contributed by atoms with van der Waals surface area (Å²) in [5, 5.41) is 0. The van der Waals surface area contributed by atoms with Gasteiger partial charge >= 0.3 is 5.97 Å². The van der Waals surface area contributed by atoms with Crippen molar-refractivity contribution in [3.8, 4) is 11.1 Å². The van der Waals surface area contributed by atoms with Crippen LogP contribution in [-0.2, 0) is 16.0 Å². The highest BCUT2D eigenvalue weighted by atomic mass is 19.1. The first-order valence-electron chi connectivity index (χ1n) is 5.81. The third-order valence-electron chi connectivity index (χ3n) is 2.83. The Hall–Kier alpha value is -2.36. The molecule has 0 aliphatic rings. The van der Waals surface area contributed by atoms with Crippen molar-refractivity contribution in [3.63, 3.8) is 0 Å². The molecule has 0 saturated heterocycles.